The van der Waals surface area contributed by atoms with Gasteiger partial charge in [-0.2, -0.15) is 13.2 Å². The van der Waals surface area contributed by atoms with Gasteiger partial charge in [-0.3, -0.25) is 4.79 Å². The van der Waals surface area contributed by atoms with Gasteiger partial charge >= 0.3 is 6.18 Å². The third kappa shape index (κ3) is 5.10. The highest BCUT2D eigenvalue weighted by molar-refractivity contribution is 6.04. The van der Waals surface area contributed by atoms with E-state index in [1.807, 2.05) is 0 Å². The van der Waals surface area contributed by atoms with Crippen LogP contribution in [0.15, 0.2) is 36.5 Å². The van der Waals surface area contributed by atoms with Crippen LogP contribution in [0.25, 0.3) is 0 Å². The molecular formula is C17H17F3N2O3. The lowest BCUT2D eigenvalue weighted by atomic mass is 10.2. The molecule has 1 aromatic carbocycles. The molecule has 0 bridgehead atoms. The molecule has 0 radical (unpaired) electrons. The highest BCUT2D eigenvalue weighted by Gasteiger charge is 2.30. The van der Waals surface area contributed by atoms with Gasteiger partial charge in [0.1, 0.15) is 17.3 Å². The topological polar surface area (TPSA) is 60.5 Å². The van der Waals surface area contributed by atoms with Gasteiger partial charge in [0, 0.05) is 17.8 Å². The maximum absolute atomic E-state index is 12.5. The van der Waals surface area contributed by atoms with Crippen molar-refractivity contribution in [2.75, 3.05) is 18.5 Å². The quantitative estimate of drug-likeness (QED) is 0.847. The Morgan fingerprint density at radius 1 is 1.08 bits per heavy atom. The van der Waals surface area contributed by atoms with Crippen molar-refractivity contribution in [3.63, 3.8) is 0 Å². The first-order chi connectivity index (χ1) is 11.8. The van der Waals surface area contributed by atoms with E-state index in [-0.39, 0.29) is 11.4 Å². The van der Waals surface area contributed by atoms with Crippen LogP contribution in [0, 0.1) is 0 Å². The third-order valence-corrected chi connectivity index (χ3v) is 3.10. The molecule has 1 heterocycles. The number of nitrogens with one attached hydrogen (secondary N) is 1. The molecule has 2 rings (SSSR count). The molecule has 2 aromatic rings. The number of nitrogens with zero attached hydrogens (tertiary/aromatic N) is 1. The number of benzene rings is 1. The minimum atomic E-state index is -4.48. The predicted octanol–water partition coefficient (Wildman–Crippen LogP) is 4.15. The van der Waals surface area contributed by atoms with Crippen molar-refractivity contribution >= 4 is 11.7 Å². The molecule has 134 valence electrons. The summed E-state index contributed by atoms with van der Waals surface area (Å²) in [5.41, 5.74) is -0.640. The number of carbonyl (C=O) groups is 1. The fourth-order valence-corrected chi connectivity index (χ4v) is 2.03. The second-order valence-corrected chi connectivity index (χ2v) is 4.94. The lowest BCUT2D eigenvalue weighted by Crippen LogP contribution is -2.14. The van der Waals surface area contributed by atoms with E-state index in [2.05, 4.69) is 10.3 Å². The van der Waals surface area contributed by atoms with Crippen LogP contribution in [0.1, 0.15) is 29.8 Å². The molecule has 0 fully saturated rings. The van der Waals surface area contributed by atoms with Gasteiger partial charge in [0.15, 0.2) is 0 Å². The van der Waals surface area contributed by atoms with Crippen LogP contribution in [0.5, 0.6) is 11.5 Å². The van der Waals surface area contributed by atoms with E-state index in [0.29, 0.717) is 30.9 Å². The number of anilines is 1. The largest absolute Gasteiger partial charge is 0.494 e. The van der Waals surface area contributed by atoms with Gasteiger partial charge in [-0.05, 0) is 38.1 Å². The maximum atomic E-state index is 12.5. The minimum Gasteiger partial charge on any atom is -0.494 e. The first-order valence-corrected chi connectivity index (χ1v) is 7.58. The lowest BCUT2D eigenvalue weighted by Gasteiger charge is -2.11. The van der Waals surface area contributed by atoms with Gasteiger partial charge in [-0.25, -0.2) is 4.98 Å². The van der Waals surface area contributed by atoms with Crippen molar-refractivity contribution in [1.82, 2.24) is 4.98 Å². The molecule has 0 saturated carbocycles. The molecule has 25 heavy (non-hydrogen) atoms. The summed E-state index contributed by atoms with van der Waals surface area (Å²) >= 11 is 0. The first-order valence-electron chi connectivity index (χ1n) is 7.58. The van der Waals surface area contributed by atoms with Crippen molar-refractivity contribution in [2.45, 2.75) is 20.0 Å². The molecule has 1 N–H and O–H groups in total. The summed E-state index contributed by atoms with van der Waals surface area (Å²) in [4.78, 5) is 15.9. The van der Waals surface area contributed by atoms with Gasteiger partial charge in [0.05, 0.1) is 18.8 Å². The molecule has 1 amide bonds. The lowest BCUT2D eigenvalue weighted by molar-refractivity contribution is -0.137. The normalized spacial score (nSPS) is 11.1. The second kappa shape index (κ2) is 7.87. The van der Waals surface area contributed by atoms with Gasteiger partial charge in [-0.15, -0.1) is 0 Å². The second-order valence-electron chi connectivity index (χ2n) is 4.94. The number of pyridine rings is 1. The highest BCUT2D eigenvalue weighted by Crippen LogP contribution is 2.29. The fraction of sp³-hybridized carbons (Fsp3) is 0.294. The van der Waals surface area contributed by atoms with E-state index >= 15 is 0 Å². The zero-order valence-electron chi connectivity index (χ0n) is 13.7. The Hall–Kier alpha value is -2.77. The molecule has 1 aromatic heterocycles. The van der Waals surface area contributed by atoms with Crippen LogP contribution in [-0.2, 0) is 6.18 Å². The van der Waals surface area contributed by atoms with Crippen molar-refractivity contribution in [2.24, 2.45) is 0 Å². The van der Waals surface area contributed by atoms with Crippen LogP contribution in [-0.4, -0.2) is 24.1 Å². The molecule has 0 aliphatic heterocycles. The molecule has 0 aliphatic rings. The standard InChI is InChI=1S/C17H17F3N2O3/c1-3-24-13-7-11(8-14(9-13)25-4-2)16(23)22-15-6-5-12(10-21-15)17(18,19)20/h5-10H,3-4H2,1-2H3,(H,21,22,23). The molecule has 0 unspecified atom stereocenters. The molecule has 5 nitrogen and oxygen atoms in total. The van der Waals surface area contributed by atoms with E-state index in [4.69, 9.17) is 9.47 Å². The number of ether oxygens (including phenoxy) is 2. The van der Waals surface area contributed by atoms with Gasteiger partial charge in [-0.1, -0.05) is 0 Å². The predicted molar refractivity (Wildman–Crippen MR) is 86.0 cm³/mol. The fourth-order valence-electron chi connectivity index (χ4n) is 2.03. The zero-order chi connectivity index (χ0) is 18.4. The maximum Gasteiger partial charge on any atom is 0.417 e. The number of alkyl halides is 3. The summed E-state index contributed by atoms with van der Waals surface area (Å²) in [5.74, 6) is 0.394. The third-order valence-electron chi connectivity index (χ3n) is 3.10. The van der Waals surface area contributed by atoms with Crippen molar-refractivity contribution in [3.8, 4) is 11.5 Å². The average molecular weight is 354 g/mol. The molecular weight excluding hydrogens is 337 g/mol. The summed E-state index contributed by atoms with van der Waals surface area (Å²) in [7, 11) is 0. The van der Waals surface area contributed by atoms with Crippen LogP contribution < -0.4 is 14.8 Å². The van der Waals surface area contributed by atoms with Gasteiger partial charge < -0.3 is 14.8 Å². The zero-order valence-corrected chi connectivity index (χ0v) is 13.7. The van der Waals surface area contributed by atoms with Crippen molar-refractivity contribution in [3.05, 3.63) is 47.7 Å². The summed E-state index contributed by atoms with van der Waals surface area (Å²) in [6.07, 6.45) is -3.81. The Balaban J connectivity index is 2.19. The average Bonchev–Trinajstić information content (AvgIpc) is 2.55. The van der Waals surface area contributed by atoms with Crippen molar-refractivity contribution in [1.29, 1.82) is 0 Å². The monoisotopic (exact) mass is 354 g/mol. The van der Waals surface area contributed by atoms with Gasteiger partial charge in [0.25, 0.3) is 5.91 Å². The Morgan fingerprint density at radius 2 is 1.68 bits per heavy atom. The highest BCUT2D eigenvalue weighted by atomic mass is 19.4. The van der Waals surface area contributed by atoms with E-state index in [1.165, 1.54) is 12.1 Å². The number of aromatic nitrogens is 1. The van der Waals surface area contributed by atoms with E-state index in [0.717, 1.165) is 12.1 Å². The smallest absolute Gasteiger partial charge is 0.417 e. The Kier molecular flexibility index (Phi) is 5.84. The molecule has 0 saturated heterocycles. The summed E-state index contributed by atoms with van der Waals surface area (Å²) in [6.45, 7) is 4.44. The first kappa shape index (κ1) is 18.6. The SMILES string of the molecule is CCOc1cc(OCC)cc(C(=O)Nc2ccc(C(F)(F)F)cn2)c1. The van der Waals surface area contributed by atoms with E-state index < -0.39 is 17.6 Å². The number of halogens is 3. The summed E-state index contributed by atoms with van der Waals surface area (Å²) < 4.78 is 48.4. The number of carbonyl (C=O) groups excluding carboxylic acids is 1. The van der Waals surface area contributed by atoms with Crippen LogP contribution in [0.4, 0.5) is 19.0 Å². The van der Waals surface area contributed by atoms with Gasteiger partial charge in [0.2, 0.25) is 0 Å². The molecule has 0 aliphatic carbocycles. The number of hydrogen-bond acceptors (Lipinski definition) is 4. The minimum absolute atomic E-state index is 0.0118. The molecule has 0 spiro atoms. The Bertz CT molecular complexity index is 707. The van der Waals surface area contributed by atoms with E-state index in [1.54, 1.807) is 19.9 Å². The Labute approximate surface area is 142 Å². The van der Waals surface area contributed by atoms with Crippen LogP contribution in [0.3, 0.4) is 0 Å². The number of rotatable bonds is 6. The van der Waals surface area contributed by atoms with Crippen LogP contribution >= 0.6 is 0 Å². The molecule has 0 atom stereocenters. The van der Waals surface area contributed by atoms with E-state index in [9.17, 15) is 18.0 Å². The Morgan fingerprint density at radius 3 is 2.12 bits per heavy atom. The van der Waals surface area contributed by atoms with Crippen molar-refractivity contribution < 1.29 is 27.4 Å². The summed E-state index contributed by atoms with van der Waals surface area (Å²) in [5, 5.41) is 2.45. The summed E-state index contributed by atoms with van der Waals surface area (Å²) in [6, 6.07) is 6.64. The van der Waals surface area contributed by atoms with Crippen LogP contribution in [0.2, 0.25) is 0 Å². The number of hydrogen-bond donors (Lipinski definition) is 1. The number of amides is 1. The molecule has 8 heteroatoms.